The number of thiazole rings is 1. The zero-order valence-corrected chi connectivity index (χ0v) is 17.9. The van der Waals surface area contributed by atoms with Gasteiger partial charge in [0.2, 0.25) is 5.78 Å². The van der Waals surface area contributed by atoms with Crippen molar-refractivity contribution in [1.29, 1.82) is 5.26 Å². The van der Waals surface area contributed by atoms with Crippen LogP contribution in [0.4, 0.5) is 4.39 Å². The second-order valence-electron chi connectivity index (χ2n) is 6.63. The molecule has 9 heteroatoms. The van der Waals surface area contributed by atoms with E-state index < -0.39 is 23.1 Å². The number of Topliss-reactive ketones (excluding diaryl/α,β-unsaturated/α-hetero) is 1. The average molecular weight is 451 g/mol. The number of ether oxygens (including phenoxy) is 1. The molecule has 0 N–H and O–H groups in total. The Morgan fingerprint density at radius 1 is 1.25 bits per heavy atom. The third-order valence-electron chi connectivity index (χ3n) is 4.52. The lowest BCUT2D eigenvalue weighted by molar-refractivity contribution is -0.140. The lowest BCUT2D eigenvalue weighted by Gasteiger charge is -2.04. The van der Waals surface area contributed by atoms with Crippen LogP contribution in [-0.4, -0.2) is 28.4 Å². The van der Waals surface area contributed by atoms with Gasteiger partial charge in [-0.25, -0.2) is 4.39 Å². The Kier molecular flexibility index (Phi) is 7.41. The van der Waals surface area contributed by atoms with Gasteiger partial charge in [0.15, 0.2) is 0 Å². The van der Waals surface area contributed by atoms with Gasteiger partial charge in [0.1, 0.15) is 22.1 Å². The molecular formula is C23H18FN3O4S. The standard InChI is InChI=1S/C23H18FN3O4S/c1-31-20(28)6-4-12-27-22(30)19(13-17-5-2-3-11-26-17)32-23(27)18(14-25)21(29)15-7-9-16(24)10-8-15/h2-3,5,7-11,13H,4,6,12H2,1H3/b19-13+,23-18-. The van der Waals surface area contributed by atoms with Gasteiger partial charge in [0, 0.05) is 24.7 Å². The number of nitrogens with zero attached hydrogens (tertiary/aromatic N) is 3. The van der Waals surface area contributed by atoms with E-state index in [9.17, 15) is 24.0 Å². The largest absolute Gasteiger partial charge is 0.469 e. The van der Waals surface area contributed by atoms with Crippen molar-refractivity contribution in [3.05, 3.63) is 85.3 Å². The highest BCUT2D eigenvalue weighted by molar-refractivity contribution is 7.07. The Labute approximate surface area is 186 Å². The number of benzene rings is 1. The number of hydrogen-bond donors (Lipinski definition) is 0. The van der Waals surface area contributed by atoms with Crippen LogP contribution in [0.15, 0.2) is 53.5 Å². The number of methoxy groups -OCH3 is 1. The molecule has 2 aromatic heterocycles. The van der Waals surface area contributed by atoms with Gasteiger partial charge in [0.05, 0.1) is 17.3 Å². The maximum Gasteiger partial charge on any atom is 0.305 e. The molecule has 32 heavy (non-hydrogen) atoms. The summed E-state index contributed by atoms with van der Waals surface area (Å²) in [6, 6.07) is 11.9. The summed E-state index contributed by atoms with van der Waals surface area (Å²) >= 11 is 0.989. The summed E-state index contributed by atoms with van der Waals surface area (Å²) in [4.78, 5) is 41.7. The molecule has 3 aromatic rings. The summed E-state index contributed by atoms with van der Waals surface area (Å²) in [7, 11) is 1.27. The van der Waals surface area contributed by atoms with E-state index in [1.807, 2.05) is 6.07 Å². The van der Waals surface area contributed by atoms with E-state index in [1.165, 1.54) is 23.8 Å². The van der Waals surface area contributed by atoms with Crippen LogP contribution < -0.4 is 14.8 Å². The maximum absolute atomic E-state index is 13.2. The molecule has 1 aromatic carbocycles. The minimum Gasteiger partial charge on any atom is -0.469 e. The molecule has 2 heterocycles. The Balaban J connectivity index is 2.17. The Bertz CT molecular complexity index is 1350. The number of pyridine rings is 1. The van der Waals surface area contributed by atoms with Gasteiger partial charge in [-0.15, -0.1) is 11.3 Å². The highest BCUT2D eigenvalue weighted by Gasteiger charge is 2.18. The summed E-state index contributed by atoms with van der Waals surface area (Å²) in [5, 5.41) is 9.74. The first kappa shape index (κ1) is 22.8. The second kappa shape index (κ2) is 10.4. The molecule has 0 aliphatic heterocycles. The molecule has 0 bridgehead atoms. The van der Waals surface area contributed by atoms with Gasteiger partial charge in [0.25, 0.3) is 5.56 Å². The average Bonchev–Trinajstić information content (AvgIpc) is 3.10. The SMILES string of the molecule is COC(=O)CCCn1c(=O)/c(=C\c2ccccn2)s/c1=C(/C#N)C(=O)c1ccc(F)cc1. The van der Waals surface area contributed by atoms with Crippen LogP contribution in [-0.2, 0) is 16.1 Å². The van der Waals surface area contributed by atoms with E-state index in [1.54, 1.807) is 30.5 Å². The molecule has 7 nitrogen and oxygen atoms in total. The van der Waals surface area contributed by atoms with Gasteiger partial charge < -0.3 is 4.74 Å². The molecule has 3 rings (SSSR count). The topological polar surface area (TPSA) is 102 Å². The van der Waals surface area contributed by atoms with Crippen molar-refractivity contribution in [3.8, 4) is 6.07 Å². The maximum atomic E-state index is 13.2. The van der Waals surface area contributed by atoms with Crippen molar-refractivity contribution in [2.45, 2.75) is 19.4 Å². The van der Waals surface area contributed by atoms with Crippen molar-refractivity contribution in [3.63, 3.8) is 0 Å². The molecule has 0 aliphatic carbocycles. The summed E-state index contributed by atoms with van der Waals surface area (Å²) < 4.78 is 19.6. The van der Waals surface area contributed by atoms with E-state index in [-0.39, 0.29) is 39.7 Å². The van der Waals surface area contributed by atoms with Crippen LogP contribution in [0.3, 0.4) is 0 Å². The van der Waals surface area contributed by atoms with Crippen LogP contribution in [0.25, 0.3) is 11.6 Å². The third kappa shape index (κ3) is 5.22. The number of ketones is 1. The van der Waals surface area contributed by atoms with Crippen LogP contribution in [0, 0.1) is 17.1 Å². The van der Waals surface area contributed by atoms with Crippen molar-refractivity contribution in [1.82, 2.24) is 9.55 Å². The zero-order valence-electron chi connectivity index (χ0n) is 17.1. The molecule has 0 unspecified atom stereocenters. The number of esters is 1. The summed E-state index contributed by atoms with van der Waals surface area (Å²) in [6.45, 7) is 0.109. The highest BCUT2D eigenvalue weighted by Crippen LogP contribution is 2.10. The number of halogens is 1. The molecule has 0 fully saturated rings. The first-order valence-electron chi connectivity index (χ1n) is 9.58. The monoisotopic (exact) mass is 451 g/mol. The van der Waals surface area contributed by atoms with E-state index in [4.69, 9.17) is 0 Å². The van der Waals surface area contributed by atoms with E-state index in [2.05, 4.69) is 9.72 Å². The van der Waals surface area contributed by atoms with Gasteiger partial charge in [-0.1, -0.05) is 6.07 Å². The fourth-order valence-corrected chi connectivity index (χ4v) is 4.04. The highest BCUT2D eigenvalue weighted by atomic mass is 32.1. The van der Waals surface area contributed by atoms with Gasteiger partial charge >= 0.3 is 5.97 Å². The Morgan fingerprint density at radius 3 is 2.62 bits per heavy atom. The van der Waals surface area contributed by atoms with Crippen molar-refractivity contribution in [2.24, 2.45) is 0 Å². The van der Waals surface area contributed by atoms with Gasteiger partial charge in [-0.05, 0) is 48.9 Å². The fraction of sp³-hybridized carbons (Fsp3) is 0.174. The van der Waals surface area contributed by atoms with E-state index in [0.29, 0.717) is 5.69 Å². The van der Waals surface area contributed by atoms with E-state index in [0.717, 1.165) is 23.5 Å². The van der Waals surface area contributed by atoms with Crippen molar-refractivity contribution >= 4 is 34.7 Å². The van der Waals surface area contributed by atoms with Crippen LogP contribution in [0.1, 0.15) is 28.9 Å². The number of nitriles is 1. The van der Waals surface area contributed by atoms with Crippen LogP contribution in [0.5, 0.6) is 0 Å². The number of rotatable bonds is 7. The third-order valence-corrected chi connectivity index (χ3v) is 5.65. The Hall–Kier alpha value is -3.90. The first-order chi connectivity index (χ1) is 15.4. The van der Waals surface area contributed by atoms with Crippen molar-refractivity contribution < 1.29 is 18.7 Å². The molecule has 0 spiro atoms. The zero-order chi connectivity index (χ0) is 23.1. The molecule has 0 amide bonds. The molecule has 0 saturated carbocycles. The smallest absolute Gasteiger partial charge is 0.305 e. The van der Waals surface area contributed by atoms with E-state index >= 15 is 0 Å². The number of carbonyl (C=O) groups excluding carboxylic acids is 2. The van der Waals surface area contributed by atoms with Crippen molar-refractivity contribution in [2.75, 3.05) is 7.11 Å². The predicted octanol–water partition coefficient (Wildman–Crippen LogP) is 1.78. The number of aromatic nitrogens is 2. The van der Waals surface area contributed by atoms with Crippen LogP contribution >= 0.6 is 11.3 Å². The first-order valence-corrected chi connectivity index (χ1v) is 10.4. The predicted molar refractivity (Wildman–Crippen MR) is 117 cm³/mol. The lowest BCUT2D eigenvalue weighted by atomic mass is 10.1. The van der Waals surface area contributed by atoms with Gasteiger partial charge in [-0.3, -0.25) is 23.9 Å². The molecular weight excluding hydrogens is 433 g/mol. The normalized spacial score (nSPS) is 12.2. The molecule has 0 radical (unpaired) electrons. The molecule has 162 valence electrons. The van der Waals surface area contributed by atoms with Gasteiger partial charge in [-0.2, -0.15) is 5.26 Å². The van der Waals surface area contributed by atoms with Crippen LogP contribution in [0.2, 0.25) is 0 Å². The Morgan fingerprint density at radius 2 is 2.00 bits per heavy atom. The molecule has 0 atom stereocenters. The summed E-state index contributed by atoms with van der Waals surface area (Å²) in [5.74, 6) is -1.56. The summed E-state index contributed by atoms with van der Waals surface area (Å²) in [5.41, 5.74) is 0.0280. The second-order valence-corrected chi connectivity index (χ2v) is 7.66. The number of hydrogen-bond acceptors (Lipinski definition) is 7. The molecule has 0 saturated heterocycles. The fourth-order valence-electron chi connectivity index (χ4n) is 2.93. The molecule has 0 aliphatic rings. The minimum absolute atomic E-state index is 0.0747. The quantitative estimate of drug-likeness (QED) is 0.401. The number of carbonyl (C=O) groups is 2. The minimum atomic E-state index is -0.625. The summed E-state index contributed by atoms with van der Waals surface area (Å²) in [6.07, 6.45) is 3.51. The lowest BCUT2D eigenvalue weighted by Crippen LogP contribution is -2.33.